The average molecular weight is 359 g/mol. The van der Waals surface area contributed by atoms with Gasteiger partial charge in [0.2, 0.25) is 10.0 Å². The van der Waals surface area contributed by atoms with Gasteiger partial charge in [-0.2, -0.15) is 0 Å². The van der Waals surface area contributed by atoms with Crippen LogP contribution in [-0.4, -0.2) is 14.3 Å². The highest BCUT2D eigenvalue weighted by molar-refractivity contribution is 7.91. The summed E-state index contributed by atoms with van der Waals surface area (Å²) in [4.78, 5) is 12.6. The molecule has 5 nitrogen and oxygen atoms in total. The van der Waals surface area contributed by atoms with Gasteiger partial charge in [0.1, 0.15) is 4.21 Å². The number of primary sulfonamides is 1. The fourth-order valence-electron chi connectivity index (χ4n) is 1.92. The molecule has 0 bridgehead atoms. The van der Waals surface area contributed by atoms with Crippen molar-refractivity contribution < 1.29 is 13.2 Å². The third-order valence-corrected chi connectivity index (χ3v) is 6.01. The molecule has 0 aliphatic rings. The summed E-state index contributed by atoms with van der Waals surface area (Å²) in [6.45, 7) is 3.51. The van der Waals surface area contributed by atoms with Crippen molar-refractivity contribution in [3.8, 4) is 0 Å². The van der Waals surface area contributed by atoms with Crippen LogP contribution in [0.25, 0.3) is 0 Å². The first kappa shape index (κ1) is 17.0. The summed E-state index contributed by atoms with van der Waals surface area (Å²) >= 11 is 6.70. The molecule has 1 amide bonds. The Morgan fingerprint density at radius 1 is 1.32 bits per heavy atom. The molecule has 0 saturated carbocycles. The van der Waals surface area contributed by atoms with E-state index in [1.165, 1.54) is 6.07 Å². The molecule has 22 heavy (non-hydrogen) atoms. The molecule has 0 fully saturated rings. The summed E-state index contributed by atoms with van der Waals surface area (Å²) in [6.07, 6.45) is 0. The molecule has 2 aromatic rings. The Morgan fingerprint density at radius 3 is 2.41 bits per heavy atom. The molecule has 1 atom stereocenters. The third-order valence-electron chi connectivity index (χ3n) is 3.10. The first-order chi connectivity index (χ1) is 10.2. The van der Waals surface area contributed by atoms with Crippen LogP contribution in [-0.2, 0) is 10.0 Å². The normalized spacial score (nSPS) is 12.9. The summed E-state index contributed by atoms with van der Waals surface area (Å²) in [5.41, 5.74) is 1.48. The van der Waals surface area contributed by atoms with Gasteiger partial charge in [-0.1, -0.05) is 23.7 Å². The zero-order valence-electron chi connectivity index (χ0n) is 12.0. The van der Waals surface area contributed by atoms with E-state index in [1.807, 2.05) is 19.1 Å². The first-order valence-electron chi connectivity index (χ1n) is 6.38. The third kappa shape index (κ3) is 3.86. The molecule has 0 spiro atoms. The number of rotatable bonds is 4. The SMILES string of the molecule is Cc1cc(S(N)(=O)=O)sc1C(=O)NC(C)c1ccc(Cl)cc1. The molecular weight excluding hydrogens is 344 g/mol. The Kier molecular flexibility index (Phi) is 4.91. The molecule has 2 rings (SSSR count). The van der Waals surface area contributed by atoms with Gasteiger partial charge in [0, 0.05) is 5.02 Å². The van der Waals surface area contributed by atoms with Crippen LogP contribution in [0.1, 0.15) is 33.8 Å². The topological polar surface area (TPSA) is 89.3 Å². The van der Waals surface area contributed by atoms with Crippen molar-refractivity contribution in [2.75, 3.05) is 0 Å². The van der Waals surface area contributed by atoms with Crippen LogP contribution >= 0.6 is 22.9 Å². The van der Waals surface area contributed by atoms with Crippen molar-refractivity contribution >= 4 is 38.9 Å². The van der Waals surface area contributed by atoms with Crippen LogP contribution < -0.4 is 10.5 Å². The Balaban J connectivity index is 2.19. The fraction of sp³-hybridized carbons (Fsp3) is 0.214. The van der Waals surface area contributed by atoms with Gasteiger partial charge in [0.15, 0.2) is 0 Å². The number of sulfonamides is 1. The van der Waals surface area contributed by atoms with Crippen molar-refractivity contribution in [3.63, 3.8) is 0 Å². The fourth-order valence-corrected chi connectivity index (χ4v) is 3.91. The van der Waals surface area contributed by atoms with E-state index >= 15 is 0 Å². The maximum Gasteiger partial charge on any atom is 0.262 e. The van der Waals surface area contributed by atoms with Crippen molar-refractivity contribution in [2.45, 2.75) is 24.1 Å². The quantitative estimate of drug-likeness (QED) is 0.880. The van der Waals surface area contributed by atoms with Crippen molar-refractivity contribution in [1.29, 1.82) is 0 Å². The van der Waals surface area contributed by atoms with Crippen LogP contribution in [0.15, 0.2) is 34.5 Å². The van der Waals surface area contributed by atoms with E-state index in [9.17, 15) is 13.2 Å². The number of carbonyl (C=O) groups excluding carboxylic acids is 1. The van der Waals surface area contributed by atoms with Crippen LogP contribution in [0.4, 0.5) is 0 Å². The van der Waals surface area contributed by atoms with Gasteiger partial charge in [0.05, 0.1) is 10.9 Å². The second-order valence-electron chi connectivity index (χ2n) is 4.87. The monoisotopic (exact) mass is 358 g/mol. The highest BCUT2D eigenvalue weighted by Crippen LogP contribution is 2.26. The van der Waals surface area contributed by atoms with Gasteiger partial charge in [-0.25, -0.2) is 13.6 Å². The number of hydrogen-bond donors (Lipinski definition) is 2. The molecule has 118 valence electrons. The molecule has 1 unspecified atom stereocenters. The smallest absolute Gasteiger partial charge is 0.262 e. The predicted octanol–water partition coefficient (Wildman–Crippen LogP) is 2.85. The summed E-state index contributed by atoms with van der Waals surface area (Å²) < 4.78 is 22.7. The van der Waals surface area contributed by atoms with Crippen LogP contribution in [0.2, 0.25) is 5.02 Å². The Bertz CT molecular complexity index is 798. The molecule has 1 aromatic carbocycles. The van der Waals surface area contributed by atoms with Crippen molar-refractivity contribution in [1.82, 2.24) is 5.32 Å². The number of carbonyl (C=O) groups is 1. The standard InChI is InChI=1S/C14H15ClN2O3S2/c1-8-7-12(22(16,19)20)21-13(8)14(18)17-9(2)10-3-5-11(15)6-4-10/h3-7,9H,1-2H3,(H,17,18)(H2,16,19,20). The Hall–Kier alpha value is -1.41. The summed E-state index contributed by atoms with van der Waals surface area (Å²) in [5, 5.41) is 8.53. The minimum atomic E-state index is -3.80. The Morgan fingerprint density at radius 2 is 1.91 bits per heavy atom. The van der Waals surface area contributed by atoms with E-state index in [0.717, 1.165) is 16.9 Å². The molecule has 0 radical (unpaired) electrons. The number of nitrogens with two attached hydrogens (primary N) is 1. The predicted molar refractivity (Wildman–Crippen MR) is 87.8 cm³/mol. The minimum Gasteiger partial charge on any atom is -0.345 e. The average Bonchev–Trinajstić information content (AvgIpc) is 2.81. The van der Waals surface area contributed by atoms with Crippen molar-refractivity contribution in [3.05, 3.63) is 51.4 Å². The first-order valence-corrected chi connectivity index (χ1v) is 9.12. The molecule has 3 N–H and O–H groups in total. The molecule has 1 heterocycles. The van der Waals surface area contributed by atoms with Crippen LogP contribution in [0.3, 0.4) is 0 Å². The van der Waals surface area contributed by atoms with Gasteiger partial charge in [-0.15, -0.1) is 11.3 Å². The van der Waals surface area contributed by atoms with Crippen LogP contribution in [0, 0.1) is 6.92 Å². The van der Waals surface area contributed by atoms with E-state index < -0.39 is 10.0 Å². The van der Waals surface area contributed by atoms with E-state index in [0.29, 0.717) is 15.5 Å². The molecule has 0 aliphatic heterocycles. The van der Waals surface area contributed by atoms with E-state index in [-0.39, 0.29) is 16.2 Å². The van der Waals surface area contributed by atoms with Gasteiger partial charge in [0.25, 0.3) is 5.91 Å². The number of halogens is 1. The lowest BCUT2D eigenvalue weighted by Gasteiger charge is -2.14. The number of benzene rings is 1. The number of nitrogens with one attached hydrogen (secondary N) is 1. The zero-order chi connectivity index (χ0) is 16.5. The number of thiophene rings is 1. The second kappa shape index (κ2) is 6.37. The molecule has 0 saturated heterocycles. The maximum atomic E-state index is 12.3. The van der Waals surface area contributed by atoms with Gasteiger partial charge >= 0.3 is 0 Å². The number of hydrogen-bond acceptors (Lipinski definition) is 4. The molecule has 0 aliphatic carbocycles. The highest BCUT2D eigenvalue weighted by atomic mass is 35.5. The largest absolute Gasteiger partial charge is 0.345 e. The van der Waals surface area contributed by atoms with Crippen LogP contribution in [0.5, 0.6) is 0 Å². The highest BCUT2D eigenvalue weighted by Gasteiger charge is 2.20. The lowest BCUT2D eigenvalue weighted by Crippen LogP contribution is -2.26. The van der Waals surface area contributed by atoms with Gasteiger partial charge < -0.3 is 5.32 Å². The number of aryl methyl sites for hydroxylation is 1. The lowest BCUT2D eigenvalue weighted by atomic mass is 10.1. The molecular formula is C14H15ClN2O3S2. The van der Waals surface area contributed by atoms with Crippen molar-refractivity contribution in [2.24, 2.45) is 5.14 Å². The summed E-state index contributed by atoms with van der Waals surface area (Å²) in [5.74, 6) is -0.333. The minimum absolute atomic E-state index is 0.0192. The zero-order valence-corrected chi connectivity index (χ0v) is 14.3. The van der Waals surface area contributed by atoms with Gasteiger partial charge in [-0.3, -0.25) is 4.79 Å². The van der Waals surface area contributed by atoms with Gasteiger partial charge in [-0.05, 0) is 43.2 Å². The number of amides is 1. The second-order valence-corrected chi connectivity index (χ2v) is 8.15. The van der Waals surface area contributed by atoms with E-state index in [1.54, 1.807) is 19.1 Å². The summed E-state index contributed by atoms with van der Waals surface area (Å²) in [6, 6.07) is 8.31. The Labute approximate surface area is 138 Å². The van der Waals surface area contributed by atoms with E-state index in [4.69, 9.17) is 16.7 Å². The maximum absolute atomic E-state index is 12.3. The lowest BCUT2D eigenvalue weighted by molar-refractivity contribution is 0.0943. The van der Waals surface area contributed by atoms with E-state index in [2.05, 4.69) is 5.32 Å². The molecule has 1 aromatic heterocycles. The summed E-state index contributed by atoms with van der Waals surface area (Å²) in [7, 11) is -3.80. The molecule has 8 heteroatoms.